The molecule has 218 valence electrons. The zero-order valence-corrected chi connectivity index (χ0v) is 32.7. The van der Waals surface area contributed by atoms with Crippen LogP contribution in [-0.2, 0) is 20.4 Å². The summed E-state index contributed by atoms with van der Waals surface area (Å²) in [5.74, 6) is 0. The van der Waals surface area contributed by atoms with Crippen molar-refractivity contribution in [3.8, 4) is 0 Å². The van der Waals surface area contributed by atoms with E-state index in [0.29, 0.717) is 0 Å². The maximum atomic E-state index is 2.65. The molecule has 0 amide bonds. The molecule has 0 radical (unpaired) electrons. The molecule has 0 heterocycles. The molecule has 4 rings (SSSR count). The quantitative estimate of drug-likeness (QED) is 0.221. The van der Waals surface area contributed by atoms with E-state index >= 15 is 0 Å². The van der Waals surface area contributed by atoms with E-state index < -0.39 is 16.1 Å². The maximum absolute atomic E-state index is 2.69. The van der Waals surface area contributed by atoms with Crippen molar-refractivity contribution in [1.29, 1.82) is 0 Å². The van der Waals surface area contributed by atoms with Crippen LogP contribution in [-0.4, -0.2) is 16.1 Å². The van der Waals surface area contributed by atoms with Gasteiger partial charge in [-0.2, -0.15) is 0 Å². The van der Waals surface area contributed by atoms with E-state index in [1.54, 1.807) is 30.2 Å². The van der Waals surface area contributed by atoms with Crippen molar-refractivity contribution in [3.63, 3.8) is 0 Å². The summed E-state index contributed by atoms with van der Waals surface area (Å²) in [7, 11) is -4.24. The summed E-state index contributed by atoms with van der Waals surface area (Å²) in [4.78, 5) is 0. The number of hydrogen-bond donors (Lipinski definition) is 0. The summed E-state index contributed by atoms with van der Waals surface area (Å²) in [5, 5.41) is 6.18. The minimum Gasteiger partial charge on any atom is -1.00 e. The molecule has 1 aliphatic rings. The van der Waals surface area contributed by atoms with Crippen molar-refractivity contribution in [2.24, 2.45) is 0 Å². The molecule has 0 fully saturated rings. The molecule has 0 saturated carbocycles. The second kappa shape index (κ2) is 13.4. The van der Waals surface area contributed by atoms with Crippen LogP contribution in [0.4, 0.5) is 0 Å². The molecule has 0 saturated heterocycles. The van der Waals surface area contributed by atoms with Crippen molar-refractivity contribution < 1.29 is 57.7 Å². The minimum atomic E-state index is -2.69. The van der Waals surface area contributed by atoms with Crippen LogP contribution < -0.4 is 58.0 Å². The van der Waals surface area contributed by atoms with Gasteiger partial charge >= 0.3 is 247 Å². The Balaban J connectivity index is 0.00000280. The van der Waals surface area contributed by atoms with E-state index in [1.165, 1.54) is 39.0 Å². The molecular weight excluding hydrogens is 631 g/mol. The van der Waals surface area contributed by atoms with Crippen molar-refractivity contribution >= 4 is 36.9 Å². The van der Waals surface area contributed by atoms with Gasteiger partial charge in [-0.25, -0.2) is 0 Å². The molecule has 1 aliphatic carbocycles. The molecule has 3 aromatic rings. The second-order valence-corrected chi connectivity index (χ2v) is 23.1. The van der Waals surface area contributed by atoms with Crippen LogP contribution in [0.5, 0.6) is 0 Å². The number of halogens is 3. The first kappa shape index (κ1) is 38.2. The largest absolute Gasteiger partial charge is 1.00 e. The first-order chi connectivity index (χ1) is 17.6. The fourth-order valence-electron chi connectivity index (χ4n) is 7.06. The average molecular weight is 676 g/mol. The molecular formula is C35H45Cl3Si2Ti. The zero-order valence-electron chi connectivity index (χ0n) is 26.8. The fraction of sp³-hybridized carbons (Fsp3) is 0.371. The Morgan fingerprint density at radius 3 is 1.37 bits per heavy atom. The van der Waals surface area contributed by atoms with Crippen LogP contribution in [0.2, 0.25) is 24.7 Å². The predicted molar refractivity (Wildman–Crippen MR) is 170 cm³/mol. The number of rotatable bonds is 5. The molecule has 0 aliphatic heterocycles. The van der Waals surface area contributed by atoms with E-state index in [4.69, 9.17) is 0 Å². The van der Waals surface area contributed by atoms with Crippen molar-refractivity contribution in [2.45, 2.75) is 87.0 Å². The summed E-state index contributed by atoms with van der Waals surface area (Å²) in [6.45, 7) is 28.7. The molecule has 1 unspecified atom stereocenters. The van der Waals surface area contributed by atoms with E-state index in [1.807, 2.05) is 0 Å². The molecule has 0 aromatic heterocycles. The summed E-state index contributed by atoms with van der Waals surface area (Å²) in [5.41, 5.74) is 11.4. The fourth-order valence-corrected chi connectivity index (χ4v) is 16.6. The van der Waals surface area contributed by atoms with E-state index in [9.17, 15) is 0 Å². The van der Waals surface area contributed by atoms with Gasteiger partial charge in [0.1, 0.15) is 0 Å². The molecule has 1 atom stereocenters. The van der Waals surface area contributed by atoms with Gasteiger partial charge in [0.2, 0.25) is 0 Å². The minimum absolute atomic E-state index is 0. The molecule has 0 N–H and O–H groups in total. The van der Waals surface area contributed by atoms with Gasteiger partial charge in [0.25, 0.3) is 0 Å². The molecule has 3 aromatic carbocycles. The Labute approximate surface area is 282 Å². The molecule has 0 nitrogen and oxygen atoms in total. The Bertz CT molecular complexity index is 1440. The Morgan fingerprint density at radius 1 is 0.561 bits per heavy atom. The van der Waals surface area contributed by atoms with Gasteiger partial charge in [-0.15, -0.1) is 0 Å². The standard InChI is InChI=1S/C35H45Si2.3ClH.Ti/c1-23-13-15-33(26(4)17-23)37(34-16-14-24(2)18-27(34)5,35(9)22-28(6)29(7)30(35)8)32-20-25(3)19-31(21-32)36(10,11)12;;;;/h13-21H,1-12H3;3*1H;/q;;;;+3/p-3. The van der Waals surface area contributed by atoms with Gasteiger partial charge < -0.3 is 37.2 Å². The van der Waals surface area contributed by atoms with Gasteiger partial charge in [0, 0.05) is 0 Å². The summed E-state index contributed by atoms with van der Waals surface area (Å²) >= 11 is 2.43. The number of hydrogen-bond acceptors (Lipinski definition) is 0. The van der Waals surface area contributed by atoms with E-state index in [2.05, 4.69) is 157 Å². The first-order valence-corrected chi connectivity index (χ1v) is 20.2. The first-order valence-electron chi connectivity index (χ1n) is 14.0. The smallest absolute Gasteiger partial charge is 1.00 e. The van der Waals surface area contributed by atoms with Crippen LogP contribution >= 0.6 is 0 Å². The summed E-state index contributed by atoms with van der Waals surface area (Å²) < 4.78 is 1.55. The van der Waals surface area contributed by atoms with Crippen LogP contribution in [0.1, 0.15) is 55.5 Å². The third kappa shape index (κ3) is 6.10. The number of allylic oxidation sites excluding steroid dienone is 4. The SMILES string of the molecule is CC1=C(C)C(C)([Si](c2cc(C)cc([Si](C)(C)C)c2)(c2ccc(C)cc2C)c2ccc(C)cc2C)[C]([Ti+3])=C1C.[Cl-].[Cl-].[Cl-]. The zero-order chi connectivity index (χ0) is 28.4. The van der Waals surface area contributed by atoms with Gasteiger partial charge in [-0.05, 0) is 0 Å². The van der Waals surface area contributed by atoms with Crippen molar-refractivity contribution in [1.82, 2.24) is 0 Å². The number of aryl methyl sites for hydroxylation is 5. The van der Waals surface area contributed by atoms with Gasteiger partial charge in [0.05, 0.1) is 0 Å². The van der Waals surface area contributed by atoms with Crippen LogP contribution in [0.3, 0.4) is 0 Å². The molecule has 0 spiro atoms. The van der Waals surface area contributed by atoms with E-state index in [-0.39, 0.29) is 42.3 Å². The monoisotopic (exact) mass is 674 g/mol. The average Bonchev–Trinajstić information content (AvgIpc) is 2.97. The summed E-state index contributed by atoms with van der Waals surface area (Å²) in [6, 6.07) is 22.2. The van der Waals surface area contributed by atoms with E-state index in [0.717, 1.165) is 0 Å². The van der Waals surface area contributed by atoms with Crippen LogP contribution in [0, 0.1) is 34.6 Å². The topological polar surface area (TPSA) is 0 Å². The third-order valence-electron chi connectivity index (χ3n) is 9.45. The van der Waals surface area contributed by atoms with Gasteiger partial charge in [-0.1, -0.05) is 0 Å². The molecule has 0 bridgehead atoms. The summed E-state index contributed by atoms with van der Waals surface area (Å²) in [6.07, 6.45) is 0. The van der Waals surface area contributed by atoms with Gasteiger partial charge in [-0.3, -0.25) is 0 Å². The third-order valence-corrected chi connectivity index (χ3v) is 19.2. The van der Waals surface area contributed by atoms with Crippen LogP contribution in [0.15, 0.2) is 75.2 Å². The Morgan fingerprint density at radius 2 is 1.00 bits per heavy atom. The maximum Gasteiger partial charge on any atom is -1.00 e. The Kier molecular flexibility index (Phi) is 12.5. The molecule has 41 heavy (non-hydrogen) atoms. The van der Waals surface area contributed by atoms with Gasteiger partial charge in [0.15, 0.2) is 0 Å². The Hall–Kier alpha value is -0.842. The second-order valence-electron chi connectivity index (χ2n) is 13.1. The number of benzene rings is 3. The predicted octanol–water partition coefficient (Wildman–Crippen LogP) is -1.81. The van der Waals surface area contributed by atoms with Crippen molar-refractivity contribution in [3.05, 3.63) is 103 Å². The normalized spacial score (nSPS) is 17.2. The van der Waals surface area contributed by atoms with Crippen LogP contribution in [0.25, 0.3) is 0 Å². The molecule has 6 heteroatoms. The van der Waals surface area contributed by atoms with Crippen molar-refractivity contribution in [2.75, 3.05) is 0 Å².